The van der Waals surface area contributed by atoms with Crippen molar-refractivity contribution in [2.45, 2.75) is 12.8 Å². The molecule has 0 N–H and O–H groups in total. The Balaban J connectivity index is 2.30. The summed E-state index contributed by atoms with van der Waals surface area (Å²) in [5.41, 5.74) is 0. The summed E-state index contributed by atoms with van der Waals surface area (Å²) in [6.07, 6.45) is 2.74. The molecule has 0 aliphatic carbocycles. The van der Waals surface area contributed by atoms with Gasteiger partial charge in [0.2, 0.25) is 0 Å². The van der Waals surface area contributed by atoms with Gasteiger partial charge in [0.1, 0.15) is 5.76 Å². The van der Waals surface area contributed by atoms with Crippen LogP contribution in [-0.4, -0.2) is 11.8 Å². The van der Waals surface area contributed by atoms with E-state index in [2.05, 4.69) is 5.16 Å². The highest BCUT2D eigenvalue weighted by Crippen LogP contribution is 2.00. The number of nitrogens with zero attached hydrogens (tertiary/aromatic N) is 1. The Morgan fingerprint density at radius 3 is 3.11 bits per heavy atom. The van der Waals surface area contributed by atoms with Crippen LogP contribution >= 0.6 is 0 Å². The van der Waals surface area contributed by atoms with Crippen LogP contribution in [0.15, 0.2) is 16.8 Å². The fourth-order valence-corrected chi connectivity index (χ4v) is 0.612. The Kier molecular flexibility index (Phi) is 2.24. The lowest BCUT2D eigenvalue weighted by Crippen LogP contribution is -1.81. The fraction of sp³-hybridized carbons (Fsp3) is 0.500. The topological polar surface area (TPSA) is 26.0 Å². The molecule has 50 valence electrons. The molecule has 9 heavy (non-hydrogen) atoms. The van der Waals surface area contributed by atoms with Crippen LogP contribution in [0, 0.1) is 0 Å². The summed E-state index contributed by atoms with van der Waals surface area (Å²) in [6.45, 7) is -0.291. The molecular formula is C6H8FNO. The molecule has 0 unspecified atom stereocenters. The number of hydrogen-bond acceptors (Lipinski definition) is 2. The monoisotopic (exact) mass is 129 g/mol. The summed E-state index contributed by atoms with van der Waals surface area (Å²) in [6, 6.07) is 1.75. The highest BCUT2D eigenvalue weighted by atomic mass is 19.1. The van der Waals surface area contributed by atoms with E-state index in [4.69, 9.17) is 4.52 Å². The molecule has 0 aromatic carbocycles. The smallest absolute Gasteiger partial charge is 0.136 e. The Hall–Kier alpha value is -0.860. The second-order valence-electron chi connectivity index (χ2n) is 1.77. The van der Waals surface area contributed by atoms with E-state index < -0.39 is 0 Å². The maximum absolute atomic E-state index is 11.5. The Morgan fingerprint density at radius 2 is 2.56 bits per heavy atom. The molecule has 1 rings (SSSR count). The third kappa shape index (κ3) is 1.83. The lowest BCUT2D eigenvalue weighted by atomic mass is 10.3. The van der Waals surface area contributed by atoms with Crippen molar-refractivity contribution in [3.63, 3.8) is 0 Å². The first-order valence-electron chi connectivity index (χ1n) is 2.89. The average molecular weight is 129 g/mol. The van der Waals surface area contributed by atoms with Crippen molar-refractivity contribution in [2.75, 3.05) is 6.67 Å². The summed E-state index contributed by atoms with van der Waals surface area (Å²) in [5.74, 6) is 0.757. The molecule has 0 radical (unpaired) electrons. The minimum absolute atomic E-state index is 0.291. The second-order valence-corrected chi connectivity index (χ2v) is 1.77. The van der Waals surface area contributed by atoms with Crippen molar-refractivity contribution in [3.8, 4) is 0 Å². The molecule has 1 aromatic heterocycles. The molecule has 0 aliphatic rings. The summed E-state index contributed by atoms with van der Waals surface area (Å²) in [4.78, 5) is 0. The number of hydrogen-bond donors (Lipinski definition) is 0. The number of halogens is 1. The lowest BCUT2D eigenvalue weighted by molar-refractivity contribution is 0.370. The minimum Gasteiger partial charge on any atom is -0.361 e. The number of aromatic nitrogens is 1. The molecule has 0 aliphatic heterocycles. The van der Waals surface area contributed by atoms with Crippen molar-refractivity contribution >= 4 is 0 Å². The number of alkyl halides is 1. The van der Waals surface area contributed by atoms with E-state index in [1.54, 1.807) is 12.3 Å². The highest BCUT2D eigenvalue weighted by Gasteiger charge is 1.94. The molecule has 1 aromatic rings. The van der Waals surface area contributed by atoms with Crippen molar-refractivity contribution in [2.24, 2.45) is 0 Å². The Labute approximate surface area is 52.7 Å². The maximum Gasteiger partial charge on any atom is 0.136 e. The van der Waals surface area contributed by atoms with Gasteiger partial charge >= 0.3 is 0 Å². The summed E-state index contributed by atoms with van der Waals surface area (Å²) in [5, 5.41) is 3.48. The van der Waals surface area contributed by atoms with Crippen LogP contribution in [0.5, 0.6) is 0 Å². The lowest BCUT2D eigenvalue weighted by Gasteiger charge is -1.86. The molecule has 0 spiro atoms. The van der Waals surface area contributed by atoms with Crippen molar-refractivity contribution in [3.05, 3.63) is 18.0 Å². The van der Waals surface area contributed by atoms with Gasteiger partial charge in [0.25, 0.3) is 0 Å². The quantitative estimate of drug-likeness (QED) is 0.619. The van der Waals surface area contributed by atoms with Crippen LogP contribution in [0.2, 0.25) is 0 Å². The van der Waals surface area contributed by atoms with E-state index in [-0.39, 0.29) is 6.67 Å². The van der Waals surface area contributed by atoms with Gasteiger partial charge in [-0.05, 0) is 6.42 Å². The molecule has 3 heteroatoms. The van der Waals surface area contributed by atoms with E-state index in [0.29, 0.717) is 12.8 Å². The van der Waals surface area contributed by atoms with E-state index in [9.17, 15) is 4.39 Å². The van der Waals surface area contributed by atoms with Gasteiger partial charge in [-0.1, -0.05) is 5.16 Å². The van der Waals surface area contributed by atoms with E-state index in [1.165, 1.54) is 0 Å². The molecule has 0 atom stereocenters. The Morgan fingerprint density at radius 1 is 1.67 bits per heavy atom. The van der Waals surface area contributed by atoms with Gasteiger partial charge in [-0.25, -0.2) is 0 Å². The normalized spacial score (nSPS) is 9.89. The number of rotatable bonds is 3. The third-order valence-corrected chi connectivity index (χ3v) is 1.05. The largest absolute Gasteiger partial charge is 0.361 e. The van der Waals surface area contributed by atoms with E-state index in [0.717, 1.165) is 5.76 Å². The maximum atomic E-state index is 11.5. The van der Waals surface area contributed by atoms with Gasteiger partial charge in [-0.15, -0.1) is 0 Å². The third-order valence-electron chi connectivity index (χ3n) is 1.05. The molecule has 0 saturated carbocycles. The van der Waals surface area contributed by atoms with Crippen molar-refractivity contribution in [1.82, 2.24) is 5.16 Å². The standard InChI is InChI=1S/C6H8FNO/c7-4-1-2-6-3-5-8-9-6/h3,5H,1-2,4H2. The summed E-state index contributed by atoms with van der Waals surface area (Å²) < 4.78 is 16.2. The molecule has 2 nitrogen and oxygen atoms in total. The second kappa shape index (κ2) is 3.22. The Bertz CT molecular complexity index is 150. The van der Waals surface area contributed by atoms with Gasteiger partial charge in [0, 0.05) is 12.5 Å². The minimum atomic E-state index is -0.291. The van der Waals surface area contributed by atoms with Crippen LogP contribution in [0.1, 0.15) is 12.2 Å². The van der Waals surface area contributed by atoms with Crippen molar-refractivity contribution in [1.29, 1.82) is 0 Å². The first-order valence-corrected chi connectivity index (χ1v) is 2.89. The predicted octanol–water partition coefficient (Wildman–Crippen LogP) is 1.58. The van der Waals surface area contributed by atoms with E-state index in [1.807, 2.05) is 0 Å². The van der Waals surface area contributed by atoms with Gasteiger partial charge in [-0.2, -0.15) is 0 Å². The van der Waals surface area contributed by atoms with E-state index >= 15 is 0 Å². The number of aryl methyl sites for hydroxylation is 1. The zero-order chi connectivity index (χ0) is 6.53. The molecule has 0 bridgehead atoms. The van der Waals surface area contributed by atoms with Crippen LogP contribution in [-0.2, 0) is 6.42 Å². The fourth-order valence-electron chi connectivity index (χ4n) is 0.612. The first-order chi connectivity index (χ1) is 4.43. The average Bonchev–Trinajstić information content (AvgIpc) is 2.34. The van der Waals surface area contributed by atoms with Crippen LogP contribution in [0.4, 0.5) is 4.39 Å². The SMILES string of the molecule is FCCCc1ccno1. The summed E-state index contributed by atoms with van der Waals surface area (Å²) >= 11 is 0. The predicted molar refractivity (Wildman–Crippen MR) is 30.8 cm³/mol. The van der Waals surface area contributed by atoms with Gasteiger partial charge in [0.05, 0.1) is 12.9 Å². The molecular weight excluding hydrogens is 121 g/mol. The zero-order valence-corrected chi connectivity index (χ0v) is 5.01. The van der Waals surface area contributed by atoms with Gasteiger partial charge < -0.3 is 4.52 Å². The first kappa shape index (κ1) is 6.26. The molecule has 1 heterocycles. The summed E-state index contributed by atoms with van der Waals surface area (Å²) in [7, 11) is 0. The van der Waals surface area contributed by atoms with Crippen molar-refractivity contribution < 1.29 is 8.91 Å². The highest BCUT2D eigenvalue weighted by molar-refractivity contribution is 4.92. The van der Waals surface area contributed by atoms with Crippen LogP contribution in [0.3, 0.4) is 0 Å². The zero-order valence-electron chi connectivity index (χ0n) is 5.01. The van der Waals surface area contributed by atoms with Gasteiger partial charge in [0.15, 0.2) is 0 Å². The van der Waals surface area contributed by atoms with Gasteiger partial charge in [-0.3, -0.25) is 4.39 Å². The van der Waals surface area contributed by atoms with Crippen LogP contribution < -0.4 is 0 Å². The molecule has 0 fully saturated rings. The van der Waals surface area contributed by atoms with Crippen LogP contribution in [0.25, 0.3) is 0 Å². The molecule has 0 amide bonds. The molecule has 0 saturated heterocycles.